The molecule has 12 rings (SSSR count). The molecule has 0 atom stereocenters. The van der Waals surface area contributed by atoms with Gasteiger partial charge < -0.3 is 0 Å². The summed E-state index contributed by atoms with van der Waals surface area (Å²) in [5.41, 5.74) is 5.13. The predicted octanol–water partition coefficient (Wildman–Crippen LogP) is 13.7. The van der Waals surface area contributed by atoms with E-state index in [0.717, 1.165) is 0 Å². The number of hydrogen-bond donors (Lipinski definition) is 0. The summed E-state index contributed by atoms with van der Waals surface area (Å²) in [6, 6.07) is 59.7. The minimum Gasteiger partial charge on any atom is -0.0610 e. The molecular formula is C48H26. The van der Waals surface area contributed by atoms with Crippen LogP contribution in [0.5, 0.6) is 0 Å². The molecule has 0 fully saturated rings. The molecule has 0 bridgehead atoms. The van der Waals surface area contributed by atoms with Crippen molar-refractivity contribution in [3.05, 3.63) is 158 Å². The fourth-order valence-corrected chi connectivity index (χ4v) is 9.12. The van der Waals surface area contributed by atoms with Gasteiger partial charge in [-0.3, -0.25) is 0 Å². The Kier molecular flexibility index (Phi) is 4.55. The highest BCUT2D eigenvalue weighted by Crippen LogP contribution is 2.45. The molecule has 48 heavy (non-hydrogen) atoms. The first kappa shape index (κ1) is 24.9. The minimum absolute atomic E-state index is 1.27. The molecule has 12 aromatic carbocycles. The summed E-state index contributed by atoms with van der Waals surface area (Å²) in [6.45, 7) is 0. The Bertz CT molecular complexity index is 2950. The van der Waals surface area contributed by atoms with Crippen LogP contribution in [0.15, 0.2) is 158 Å². The normalized spacial score (nSPS) is 12.6. The lowest BCUT2D eigenvalue weighted by molar-refractivity contribution is 1.70. The van der Waals surface area contributed by atoms with Gasteiger partial charge in [-0.2, -0.15) is 0 Å². The minimum atomic E-state index is 1.27. The van der Waals surface area contributed by atoms with Crippen molar-refractivity contribution in [2.75, 3.05) is 0 Å². The van der Waals surface area contributed by atoms with Crippen LogP contribution in [0.25, 0.3) is 119 Å². The van der Waals surface area contributed by atoms with Crippen molar-refractivity contribution in [3.63, 3.8) is 0 Å². The van der Waals surface area contributed by atoms with Gasteiger partial charge in [0.1, 0.15) is 0 Å². The smallest absolute Gasteiger partial charge is 0.00206 e. The highest BCUT2D eigenvalue weighted by Gasteiger charge is 2.17. The highest BCUT2D eigenvalue weighted by molar-refractivity contribution is 6.29. The number of benzene rings is 12. The molecule has 0 aromatic heterocycles. The second kappa shape index (κ2) is 8.76. The summed E-state index contributed by atoms with van der Waals surface area (Å²) >= 11 is 0. The van der Waals surface area contributed by atoms with Gasteiger partial charge in [-0.05, 0) is 143 Å². The van der Waals surface area contributed by atoms with E-state index in [2.05, 4.69) is 158 Å². The molecule has 0 nitrogen and oxygen atoms in total. The van der Waals surface area contributed by atoms with E-state index in [9.17, 15) is 0 Å². The van der Waals surface area contributed by atoms with Crippen LogP contribution in [0.2, 0.25) is 0 Å². The average Bonchev–Trinajstić information content (AvgIpc) is 3.14. The van der Waals surface area contributed by atoms with Gasteiger partial charge in [0.05, 0.1) is 0 Å². The summed E-state index contributed by atoms with van der Waals surface area (Å²) in [6.07, 6.45) is 0. The van der Waals surface area contributed by atoms with Crippen molar-refractivity contribution in [3.8, 4) is 22.3 Å². The molecule has 0 heteroatoms. The van der Waals surface area contributed by atoms with Crippen LogP contribution in [0, 0.1) is 0 Å². The van der Waals surface area contributed by atoms with E-state index in [4.69, 9.17) is 0 Å². The van der Waals surface area contributed by atoms with Crippen LogP contribution in [0.1, 0.15) is 0 Å². The van der Waals surface area contributed by atoms with Crippen molar-refractivity contribution in [1.29, 1.82) is 0 Å². The zero-order chi connectivity index (χ0) is 31.1. The van der Waals surface area contributed by atoms with Crippen LogP contribution >= 0.6 is 0 Å². The topological polar surface area (TPSA) is 0 Å². The lowest BCUT2D eigenvalue weighted by Crippen LogP contribution is -1.90. The van der Waals surface area contributed by atoms with E-state index in [-0.39, 0.29) is 0 Å². The summed E-state index contributed by atoms with van der Waals surface area (Å²) in [5.74, 6) is 0. The second-order valence-electron chi connectivity index (χ2n) is 13.7. The maximum absolute atomic E-state index is 2.40. The average molecular weight is 603 g/mol. The molecule has 0 aliphatic rings. The number of hydrogen-bond acceptors (Lipinski definition) is 0. The van der Waals surface area contributed by atoms with E-state index in [1.807, 2.05) is 0 Å². The molecule has 0 amide bonds. The van der Waals surface area contributed by atoms with E-state index in [0.29, 0.717) is 0 Å². The molecular weight excluding hydrogens is 577 g/mol. The standard InChI is InChI=1S/C48H26/c1-3-27-7-9-31-15-19-39(41-21-17-29(5-1)43(27)47(31)41)37-23-33-11-13-35-25-38(26-36-14-12-34(24-37)45(33)46(35)36)40-20-16-32-10-8-28-4-2-6-30-18-22-42(40)48(32)44(28)30/h1-26H. The maximum Gasteiger partial charge on any atom is -0.00206 e. The summed E-state index contributed by atoms with van der Waals surface area (Å²) in [5, 5.41) is 23.8. The van der Waals surface area contributed by atoms with Crippen LogP contribution in [-0.4, -0.2) is 0 Å². The van der Waals surface area contributed by atoms with Crippen LogP contribution in [0.3, 0.4) is 0 Å². The molecule has 0 N–H and O–H groups in total. The summed E-state index contributed by atoms with van der Waals surface area (Å²) < 4.78 is 0. The van der Waals surface area contributed by atoms with E-state index >= 15 is 0 Å². The molecule has 0 aliphatic carbocycles. The Hall–Kier alpha value is -6.24. The van der Waals surface area contributed by atoms with E-state index in [1.54, 1.807) is 0 Å². The molecule has 0 aliphatic heterocycles. The lowest BCUT2D eigenvalue weighted by atomic mass is 9.86. The lowest BCUT2D eigenvalue weighted by Gasteiger charge is -2.17. The molecule has 12 aromatic rings. The third-order valence-corrected chi connectivity index (χ3v) is 11.2. The van der Waals surface area contributed by atoms with Crippen molar-refractivity contribution in [2.24, 2.45) is 0 Å². The van der Waals surface area contributed by atoms with Crippen molar-refractivity contribution in [2.45, 2.75) is 0 Å². The molecule has 0 spiro atoms. The van der Waals surface area contributed by atoms with Gasteiger partial charge in [-0.15, -0.1) is 0 Å². The van der Waals surface area contributed by atoms with Crippen molar-refractivity contribution in [1.82, 2.24) is 0 Å². The first-order valence-corrected chi connectivity index (χ1v) is 16.8. The first-order valence-electron chi connectivity index (χ1n) is 16.8. The van der Waals surface area contributed by atoms with Gasteiger partial charge in [0.2, 0.25) is 0 Å². The third-order valence-electron chi connectivity index (χ3n) is 11.2. The summed E-state index contributed by atoms with van der Waals surface area (Å²) in [7, 11) is 0. The van der Waals surface area contributed by atoms with Crippen LogP contribution in [0.4, 0.5) is 0 Å². The van der Waals surface area contributed by atoms with Gasteiger partial charge in [-0.25, -0.2) is 0 Å². The van der Waals surface area contributed by atoms with Gasteiger partial charge in [0.25, 0.3) is 0 Å². The summed E-state index contributed by atoms with van der Waals surface area (Å²) in [4.78, 5) is 0. The van der Waals surface area contributed by atoms with Crippen LogP contribution < -0.4 is 0 Å². The fraction of sp³-hybridized carbons (Fsp3) is 0. The Balaban J connectivity index is 1.07. The van der Waals surface area contributed by atoms with Crippen molar-refractivity contribution < 1.29 is 0 Å². The predicted molar refractivity (Wildman–Crippen MR) is 208 cm³/mol. The first-order chi connectivity index (χ1) is 23.8. The molecule has 0 radical (unpaired) electrons. The zero-order valence-corrected chi connectivity index (χ0v) is 26.0. The SMILES string of the molecule is c1cc2ccc3ccc(-c4cc5ccc6cc(-c7ccc8ccc9cccc%10ccc7c8c9%10)cc7ccc(c4)c5c67)c4ccc(c1)c2c34. The van der Waals surface area contributed by atoms with Gasteiger partial charge >= 0.3 is 0 Å². The van der Waals surface area contributed by atoms with Gasteiger partial charge in [-0.1, -0.05) is 133 Å². The monoisotopic (exact) mass is 602 g/mol. The Morgan fingerprint density at radius 1 is 0.208 bits per heavy atom. The molecule has 0 saturated heterocycles. The van der Waals surface area contributed by atoms with Crippen LogP contribution in [-0.2, 0) is 0 Å². The number of rotatable bonds is 2. The quantitative estimate of drug-likeness (QED) is 0.173. The molecule has 0 unspecified atom stereocenters. The Morgan fingerprint density at radius 2 is 0.479 bits per heavy atom. The van der Waals surface area contributed by atoms with E-state index in [1.165, 1.54) is 119 Å². The highest BCUT2D eigenvalue weighted by atomic mass is 14.2. The second-order valence-corrected chi connectivity index (χ2v) is 13.7. The maximum atomic E-state index is 2.40. The molecule has 218 valence electrons. The van der Waals surface area contributed by atoms with Gasteiger partial charge in [0, 0.05) is 0 Å². The third kappa shape index (κ3) is 3.15. The molecule has 0 heterocycles. The zero-order valence-electron chi connectivity index (χ0n) is 26.0. The Morgan fingerprint density at radius 3 is 0.854 bits per heavy atom. The van der Waals surface area contributed by atoms with Gasteiger partial charge in [0.15, 0.2) is 0 Å². The van der Waals surface area contributed by atoms with E-state index < -0.39 is 0 Å². The largest absolute Gasteiger partial charge is 0.0610 e. The fourth-order valence-electron chi connectivity index (χ4n) is 9.12. The molecule has 0 saturated carbocycles. The van der Waals surface area contributed by atoms with Crippen molar-refractivity contribution >= 4 is 97.0 Å². The Labute approximate surface area is 276 Å².